The average Bonchev–Trinajstić information content (AvgIpc) is 3.60. The molecule has 208 valence electrons. The summed E-state index contributed by atoms with van der Waals surface area (Å²) in [4.78, 5) is 9.95. The summed E-state index contributed by atoms with van der Waals surface area (Å²) in [5.74, 6) is 1.97. The molecule has 0 bridgehead atoms. The third-order valence-corrected chi connectivity index (χ3v) is 8.57. The quantitative estimate of drug-likeness (QED) is 0.150. The molecule has 0 fully saturated rings. The molecule has 0 amide bonds. The predicted molar refractivity (Wildman–Crippen MR) is 169 cm³/mol. The summed E-state index contributed by atoms with van der Waals surface area (Å²) in [6.45, 7) is 8.93. The molecule has 42 heavy (non-hydrogen) atoms. The van der Waals surface area contributed by atoms with E-state index in [4.69, 9.17) is 9.97 Å². The third kappa shape index (κ3) is 3.74. The van der Waals surface area contributed by atoms with Crippen molar-refractivity contribution in [3.05, 3.63) is 103 Å². The van der Waals surface area contributed by atoms with Gasteiger partial charge in [0, 0.05) is 38.3 Å². The number of aromatic hydroxyl groups is 1. The number of benzene rings is 4. The zero-order valence-corrected chi connectivity index (χ0v) is 26.1. The Balaban J connectivity index is 0.00000288. The second-order valence-corrected chi connectivity index (χ2v) is 12.0. The number of fused-ring (bicyclic) bond motifs is 8. The third-order valence-electron chi connectivity index (χ3n) is 8.57. The van der Waals surface area contributed by atoms with Crippen LogP contribution in [-0.4, -0.2) is 31.0 Å². The number of hydrogen-bond donors (Lipinski definition) is 1. The molecule has 0 atom stereocenters. The molecule has 5 nitrogen and oxygen atoms in total. The molecule has 7 aromatic rings. The van der Waals surface area contributed by atoms with E-state index in [0.717, 1.165) is 61.2 Å². The van der Waals surface area contributed by atoms with E-state index < -0.39 is 0 Å². The van der Waals surface area contributed by atoms with Gasteiger partial charge >= 0.3 is 0 Å². The van der Waals surface area contributed by atoms with E-state index in [1.807, 2.05) is 12.3 Å². The van der Waals surface area contributed by atoms with Crippen molar-refractivity contribution in [2.45, 2.75) is 33.0 Å². The minimum atomic E-state index is 0. The van der Waals surface area contributed by atoms with Crippen molar-refractivity contribution in [2.24, 2.45) is 0 Å². The summed E-state index contributed by atoms with van der Waals surface area (Å²) in [6, 6.07) is 32.9. The van der Waals surface area contributed by atoms with Gasteiger partial charge in [0.15, 0.2) is 0 Å². The Hall–Kier alpha value is -4.15. The SMILES string of the molecule is CB1c2cccc(O)c2-c2nc3c(-c4[c-]c5c(cc4)c4ccccc4n5-c4cc(C(C)(C)C)ccn4)cccc3n21.[Pt]. The van der Waals surface area contributed by atoms with Crippen LogP contribution in [0, 0.1) is 6.07 Å². The van der Waals surface area contributed by atoms with Gasteiger partial charge in [-0.2, -0.15) is 0 Å². The summed E-state index contributed by atoms with van der Waals surface area (Å²) in [7, 11) is 0. The summed E-state index contributed by atoms with van der Waals surface area (Å²) in [5, 5.41) is 13.0. The summed E-state index contributed by atoms with van der Waals surface area (Å²) in [6.07, 6.45) is 1.90. The van der Waals surface area contributed by atoms with Gasteiger partial charge < -0.3 is 14.2 Å². The first-order chi connectivity index (χ1) is 19.8. The Morgan fingerprint density at radius 3 is 2.48 bits per heavy atom. The maximum Gasteiger partial charge on any atom is 0.293 e. The van der Waals surface area contributed by atoms with Crippen LogP contribution in [0.5, 0.6) is 5.75 Å². The maximum absolute atomic E-state index is 10.7. The fourth-order valence-electron chi connectivity index (χ4n) is 6.49. The largest absolute Gasteiger partial charge is 0.507 e. The van der Waals surface area contributed by atoms with E-state index in [-0.39, 0.29) is 39.1 Å². The molecule has 0 unspecified atom stereocenters. The standard InChI is InChI=1S/C35H28BN4O.Pt/c1-35(2,3)22-17-18-37-31(20-22)39-27-12-6-5-9-24(27)25-16-15-21(19-29(25)39)23-10-7-13-28-33(23)38-34-32-26(36(4)40(28)34)11-8-14-30(32)41;/h5-18,20,41H,1-4H3;/q-1;. The minimum Gasteiger partial charge on any atom is -0.507 e. The number of nitrogens with zero attached hydrogens (tertiary/aromatic N) is 4. The monoisotopic (exact) mass is 726 g/mol. The van der Waals surface area contributed by atoms with Gasteiger partial charge in [0.1, 0.15) is 17.4 Å². The zero-order valence-electron chi connectivity index (χ0n) is 23.8. The van der Waals surface area contributed by atoms with Gasteiger partial charge in [-0.15, -0.1) is 23.8 Å². The van der Waals surface area contributed by atoms with E-state index in [9.17, 15) is 5.11 Å². The summed E-state index contributed by atoms with van der Waals surface area (Å²) < 4.78 is 4.47. The van der Waals surface area contributed by atoms with Crippen LogP contribution >= 0.6 is 0 Å². The van der Waals surface area contributed by atoms with Crippen molar-refractivity contribution in [1.29, 1.82) is 0 Å². The van der Waals surface area contributed by atoms with Crippen molar-refractivity contribution >= 4 is 45.1 Å². The number of rotatable bonds is 2. The van der Waals surface area contributed by atoms with Crippen LogP contribution in [0.4, 0.5) is 0 Å². The first-order valence-electron chi connectivity index (χ1n) is 14.1. The molecule has 0 spiro atoms. The molecule has 0 aliphatic carbocycles. The molecular formula is C35H28BN4OPt-. The van der Waals surface area contributed by atoms with E-state index in [1.54, 1.807) is 6.07 Å². The fraction of sp³-hybridized carbons (Fsp3) is 0.143. The van der Waals surface area contributed by atoms with Crippen molar-refractivity contribution in [3.63, 3.8) is 0 Å². The Labute approximate surface area is 259 Å². The molecular weight excluding hydrogens is 698 g/mol. The number of imidazole rings is 1. The summed E-state index contributed by atoms with van der Waals surface area (Å²) in [5.41, 5.74) is 9.21. The van der Waals surface area contributed by atoms with Crippen LogP contribution in [0.3, 0.4) is 0 Å². The predicted octanol–water partition coefficient (Wildman–Crippen LogP) is 7.35. The molecule has 3 aromatic heterocycles. The number of hydrogen-bond acceptors (Lipinski definition) is 3. The Bertz CT molecular complexity index is 2190. The molecule has 0 saturated heterocycles. The smallest absolute Gasteiger partial charge is 0.293 e. The Kier molecular flexibility index (Phi) is 6.01. The van der Waals surface area contributed by atoms with Gasteiger partial charge in [-0.05, 0) is 57.7 Å². The molecule has 1 N–H and O–H groups in total. The second kappa shape index (κ2) is 9.44. The first kappa shape index (κ1) is 26.7. The van der Waals surface area contributed by atoms with Crippen LogP contribution in [0.25, 0.3) is 61.2 Å². The van der Waals surface area contributed by atoms with E-state index in [1.165, 1.54) is 10.9 Å². The van der Waals surface area contributed by atoms with E-state index >= 15 is 0 Å². The molecule has 7 heteroatoms. The number of phenolic OH excluding ortho intramolecular Hbond substituents is 1. The number of aromatic nitrogens is 4. The van der Waals surface area contributed by atoms with Gasteiger partial charge in [0.05, 0.1) is 11.1 Å². The minimum absolute atomic E-state index is 0. The Morgan fingerprint density at radius 2 is 1.64 bits per heavy atom. The molecule has 0 saturated carbocycles. The molecule has 1 aliphatic rings. The van der Waals surface area contributed by atoms with Crippen molar-refractivity contribution in [2.75, 3.05) is 0 Å². The number of pyridine rings is 1. The van der Waals surface area contributed by atoms with Gasteiger partial charge in [0.2, 0.25) is 0 Å². The van der Waals surface area contributed by atoms with Gasteiger partial charge in [0.25, 0.3) is 6.85 Å². The van der Waals surface area contributed by atoms with E-state index in [2.05, 4.69) is 116 Å². The van der Waals surface area contributed by atoms with Gasteiger partial charge in [-0.1, -0.05) is 81.0 Å². The van der Waals surface area contributed by atoms with Crippen LogP contribution in [-0.2, 0) is 26.5 Å². The first-order valence-corrected chi connectivity index (χ1v) is 14.1. The zero-order chi connectivity index (χ0) is 28.0. The van der Waals surface area contributed by atoms with E-state index in [0.29, 0.717) is 0 Å². The molecule has 1 aliphatic heterocycles. The molecule has 4 heterocycles. The van der Waals surface area contributed by atoms with Crippen molar-refractivity contribution in [3.8, 4) is 34.1 Å². The van der Waals surface area contributed by atoms with Crippen LogP contribution < -0.4 is 5.46 Å². The number of phenols is 1. The fourth-order valence-corrected chi connectivity index (χ4v) is 6.49. The second-order valence-electron chi connectivity index (χ2n) is 12.0. The van der Waals surface area contributed by atoms with Crippen molar-refractivity contribution in [1.82, 2.24) is 19.0 Å². The maximum atomic E-state index is 10.7. The average molecular weight is 727 g/mol. The summed E-state index contributed by atoms with van der Waals surface area (Å²) >= 11 is 0. The van der Waals surface area contributed by atoms with Crippen LogP contribution in [0.1, 0.15) is 26.3 Å². The molecule has 4 aromatic carbocycles. The molecule has 8 rings (SSSR count). The topological polar surface area (TPSA) is 55.9 Å². The van der Waals surface area contributed by atoms with Gasteiger partial charge in [-0.3, -0.25) is 0 Å². The van der Waals surface area contributed by atoms with Crippen LogP contribution in [0.15, 0.2) is 91.1 Å². The van der Waals surface area contributed by atoms with Gasteiger partial charge in [-0.25, -0.2) is 9.97 Å². The normalized spacial score (nSPS) is 12.6. The number of para-hydroxylation sites is 2. The molecule has 0 radical (unpaired) electrons. The van der Waals surface area contributed by atoms with Crippen LogP contribution in [0.2, 0.25) is 6.82 Å². The van der Waals surface area contributed by atoms with Crippen molar-refractivity contribution < 1.29 is 26.2 Å². The Morgan fingerprint density at radius 1 is 0.857 bits per heavy atom.